The Labute approximate surface area is 177 Å². The van der Waals surface area contributed by atoms with Gasteiger partial charge in [-0.2, -0.15) is 5.26 Å². The molecule has 0 saturated carbocycles. The molecule has 0 aliphatic rings. The van der Waals surface area contributed by atoms with E-state index in [0.29, 0.717) is 5.56 Å². The quantitative estimate of drug-likeness (QED) is 0.431. The van der Waals surface area contributed by atoms with Crippen molar-refractivity contribution in [3.8, 4) is 6.07 Å². The zero-order valence-corrected chi connectivity index (χ0v) is 18.0. The van der Waals surface area contributed by atoms with Gasteiger partial charge in [0, 0.05) is 19.8 Å². The van der Waals surface area contributed by atoms with Crippen LogP contribution in [0.3, 0.4) is 0 Å². The Morgan fingerprint density at radius 2 is 1.80 bits per heavy atom. The van der Waals surface area contributed by atoms with Crippen molar-refractivity contribution in [2.24, 2.45) is 0 Å². The second kappa shape index (κ2) is 10.3. The number of nitriles is 1. The second-order valence-electron chi connectivity index (χ2n) is 7.36. The smallest absolute Gasteiger partial charge is 0.349 e. The van der Waals surface area contributed by atoms with Gasteiger partial charge in [0.25, 0.3) is 5.91 Å². The molecule has 0 saturated heterocycles. The van der Waals surface area contributed by atoms with Gasteiger partial charge in [0.15, 0.2) is 6.61 Å². The van der Waals surface area contributed by atoms with Gasteiger partial charge in [-0.25, -0.2) is 4.79 Å². The maximum Gasteiger partial charge on any atom is 0.349 e. The standard InChI is InChI=1S/C24H27N3O3/c1-16-6-9-20(12-17(16)2)18(3)26-23(28)15-30-24(29)21(14-25)13-19-7-10-22(11-8-19)27(4)5/h6-13,18H,15H2,1-5H3,(H,26,28)/b21-13+/t18-/m0/s1. The van der Waals surface area contributed by atoms with E-state index in [-0.39, 0.29) is 11.6 Å². The third kappa shape index (κ3) is 6.21. The molecule has 0 aliphatic heterocycles. The van der Waals surface area contributed by atoms with Gasteiger partial charge in [-0.05, 0) is 61.2 Å². The molecule has 0 bridgehead atoms. The first kappa shape index (κ1) is 22.7. The average Bonchev–Trinajstić information content (AvgIpc) is 2.72. The number of carbonyl (C=O) groups excluding carboxylic acids is 2. The van der Waals surface area contributed by atoms with Crippen molar-refractivity contribution in [2.45, 2.75) is 26.8 Å². The molecule has 0 radical (unpaired) electrons. The van der Waals surface area contributed by atoms with Crippen LogP contribution in [0.2, 0.25) is 0 Å². The number of esters is 1. The molecule has 0 spiro atoms. The summed E-state index contributed by atoms with van der Waals surface area (Å²) in [7, 11) is 3.85. The number of anilines is 1. The lowest BCUT2D eigenvalue weighted by Gasteiger charge is -2.15. The molecular formula is C24H27N3O3. The number of amides is 1. The van der Waals surface area contributed by atoms with Crippen LogP contribution in [0.5, 0.6) is 0 Å². The van der Waals surface area contributed by atoms with E-state index in [9.17, 15) is 14.9 Å². The first-order chi connectivity index (χ1) is 14.2. The normalized spacial score (nSPS) is 11.9. The van der Waals surface area contributed by atoms with Crippen molar-refractivity contribution in [1.29, 1.82) is 5.26 Å². The van der Waals surface area contributed by atoms with Crippen LogP contribution < -0.4 is 10.2 Å². The number of hydrogen-bond donors (Lipinski definition) is 1. The maximum absolute atomic E-state index is 12.2. The van der Waals surface area contributed by atoms with E-state index in [0.717, 1.165) is 16.8 Å². The van der Waals surface area contributed by atoms with Gasteiger partial charge in [-0.3, -0.25) is 4.79 Å². The number of aryl methyl sites for hydroxylation is 2. The molecule has 6 heteroatoms. The summed E-state index contributed by atoms with van der Waals surface area (Å²) in [6.45, 7) is 5.45. The van der Waals surface area contributed by atoms with Gasteiger partial charge in [-0.15, -0.1) is 0 Å². The lowest BCUT2D eigenvalue weighted by molar-refractivity contribution is -0.144. The van der Waals surface area contributed by atoms with E-state index in [1.807, 2.05) is 76.2 Å². The van der Waals surface area contributed by atoms with Gasteiger partial charge in [0.2, 0.25) is 0 Å². The van der Waals surface area contributed by atoms with Gasteiger partial charge in [0.1, 0.15) is 11.6 Å². The summed E-state index contributed by atoms with van der Waals surface area (Å²) >= 11 is 0. The fourth-order valence-corrected chi connectivity index (χ4v) is 2.78. The van der Waals surface area contributed by atoms with Crippen LogP contribution in [0.4, 0.5) is 5.69 Å². The molecule has 2 aromatic rings. The number of benzene rings is 2. The lowest BCUT2D eigenvalue weighted by atomic mass is 10.0. The molecule has 6 nitrogen and oxygen atoms in total. The van der Waals surface area contributed by atoms with Gasteiger partial charge >= 0.3 is 5.97 Å². The Hall–Kier alpha value is -3.59. The SMILES string of the molecule is Cc1ccc([C@H](C)NC(=O)COC(=O)/C(C#N)=C/c2ccc(N(C)C)cc2)cc1C. The molecule has 1 atom stereocenters. The number of nitrogens with zero attached hydrogens (tertiary/aromatic N) is 2. The minimum absolute atomic E-state index is 0.164. The molecule has 30 heavy (non-hydrogen) atoms. The average molecular weight is 405 g/mol. The largest absolute Gasteiger partial charge is 0.451 e. The third-order valence-electron chi connectivity index (χ3n) is 4.80. The lowest BCUT2D eigenvalue weighted by Crippen LogP contribution is -2.31. The predicted octanol–water partition coefficient (Wildman–Crippen LogP) is 3.70. The number of carbonyl (C=O) groups is 2. The highest BCUT2D eigenvalue weighted by Gasteiger charge is 2.15. The van der Waals surface area contributed by atoms with E-state index >= 15 is 0 Å². The van der Waals surface area contributed by atoms with E-state index in [1.165, 1.54) is 11.6 Å². The minimum atomic E-state index is -0.830. The topological polar surface area (TPSA) is 82.4 Å². The molecule has 0 aromatic heterocycles. The van der Waals surface area contributed by atoms with Gasteiger partial charge < -0.3 is 15.0 Å². The van der Waals surface area contributed by atoms with E-state index in [4.69, 9.17) is 4.74 Å². The summed E-state index contributed by atoms with van der Waals surface area (Å²) in [6.07, 6.45) is 1.44. The fraction of sp³-hybridized carbons (Fsp3) is 0.292. The fourth-order valence-electron chi connectivity index (χ4n) is 2.78. The van der Waals surface area contributed by atoms with Gasteiger partial charge in [-0.1, -0.05) is 30.3 Å². The Morgan fingerprint density at radius 3 is 2.37 bits per heavy atom. The number of nitrogens with one attached hydrogen (secondary N) is 1. The Morgan fingerprint density at radius 1 is 1.13 bits per heavy atom. The molecule has 156 valence electrons. The summed E-state index contributed by atoms with van der Waals surface area (Å²) in [5, 5.41) is 12.1. The summed E-state index contributed by atoms with van der Waals surface area (Å²) in [6, 6.07) is 15.0. The van der Waals surface area contributed by atoms with Crippen LogP contribution in [0.1, 0.15) is 35.2 Å². The summed E-state index contributed by atoms with van der Waals surface area (Å²) in [4.78, 5) is 26.3. The number of hydrogen-bond acceptors (Lipinski definition) is 5. The number of ether oxygens (including phenoxy) is 1. The van der Waals surface area contributed by atoms with Crippen molar-refractivity contribution in [3.63, 3.8) is 0 Å². The highest BCUT2D eigenvalue weighted by Crippen LogP contribution is 2.17. The molecule has 1 amide bonds. The third-order valence-corrected chi connectivity index (χ3v) is 4.80. The van der Waals surface area contributed by atoms with Crippen LogP contribution in [-0.4, -0.2) is 32.6 Å². The van der Waals surface area contributed by atoms with Crippen LogP contribution in [0.25, 0.3) is 6.08 Å². The molecule has 2 rings (SSSR count). The van der Waals surface area contributed by atoms with Crippen molar-refractivity contribution in [1.82, 2.24) is 5.32 Å². The van der Waals surface area contributed by atoms with E-state index < -0.39 is 18.5 Å². The van der Waals surface area contributed by atoms with Crippen LogP contribution >= 0.6 is 0 Å². The monoisotopic (exact) mass is 405 g/mol. The summed E-state index contributed by atoms with van der Waals surface area (Å²) < 4.78 is 5.02. The van der Waals surface area contributed by atoms with E-state index in [1.54, 1.807) is 12.1 Å². The predicted molar refractivity (Wildman–Crippen MR) is 118 cm³/mol. The molecule has 0 aliphatic carbocycles. The second-order valence-corrected chi connectivity index (χ2v) is 7.36. The summed E-state index contributed by atoms with van der Waals surface area (Å²) in [5.74, 6) is -1.26. The van der Waals surface area contributed by atoms with Crippen molar-refractivity contribution >= 4 is 23.6 Å². The zero-order chi connectivity index (χ0) is 22.3. The van der Waals surface area contributed by atoms with Crippen LogP contribution in [0.15, 0.2) is 48.0 Å². The minimum Gasteiger partial charge on any atom is -0.451 e. The highest BCUT2D eigenvalue weighted by atomic mass is 16.5. The van der Waals surface area contributed by atoms with E-state index in [2.05, 4.69) is 5.32 Å². The van der Waals surface area contributed by atoms with Crippen LogP contribution in [-0.2, 0) is 14.3 Å². The van der Waals surface area contributed by atoms with Crippen molar-refractivity contribution < 1.29 is 14.3 Å². The Kier molecular flexibility index (Phi) is 7.76. The molecule has 0 fully saturated rings. The first-order valence-electron chi connectivity index (χ1n) is 9.64. The molecule has 1 N–H and O–H groups in total. The number of rotatable bonds is 7. The molecule has 2 aromatic carbocycles. The van der Waals surface area contributed by atoms with Crippen LogP contribution in [0, 0.1) is 25.2 Å². The van der Waals surface area contributed by atoms with Gasteiger partial charge in [0.05, 0.1) is 6.04 Å². The molecular weight excluding hydrogens is 378 g/mol. The zero-order valence-electron chi connectivity index (χ0n) is 18.0. The Balaban J connectivity index is 1.94. The molecule has 0 heterocycles. The maximum atomic E-state index is 12.2. The first-order valence-corrected chi connectivity index (χ1v) is 9.64. The van der Waals surface area contributed by atoms with Crippen molar-refractivity contribution in [3.05, 3.63) is 70.3 Å². The Bertz CT molecular complexity index is 986. The summed E-state index contributed by atoms with van der Waals surface area (Å²) in [5.41, 5.74) is 4.82. The van der Waals surface area contributed by atoms with Crippen molar-refractivity contribution in [2.75, 3.05) is 25.6 Å². The molecule has 0 unspecified atom stereocenters. The highest BCUT2D eigenvalue weighted by molar-refractivity contribution is 5.98.